The normalized spacial score (nSPS) is 12.4. The van der Waals surface area contributed by atoms with E-state index < -0.39 is 0 Å². The predicted molar refractivity (Wildman–Crippen MR) is 69.9 cm³/mol. The standard InChI is InChI=1S/C16H18/c1-12-9-10-16(11-13(12)2)14(3)15-7-5-4-6-8-15/h4-11,14H,1-3H3/t14-/m0/s1. The number of aryl methyl sites for hydroxylation is 2. The van der Waals surface area contributed by atoms with Crippen molar-refractivity contribution in [2.45, 2.75) is 26.7 Å². The molecule has 0 N–H and O–H groups in total. The van der Waals surface area contributed by atoms with Crippen LogP contribution in [0.5, 0.6) is 0 Å². The molecule has 0 unspecified atom stereocenters. The van der Waals surface area contributed by atoms with Gasteiger partial charge in [-0.15, -0.1) is 0 Å². The van der Waals surface area contributed by atoms with Crippen molar-refractivity contribution >= 4 is 0 Å². The summed E-state index contributed by atoms with van der Waals surface area (Å²) in [6.07, 6.45) is 0. The minimum Gasteiger partial charge on any atom is -0.0622 e. The van der Waals surface area contributed by atoms with Gasteiger partial charge in [-0.05, 0) is 36.1 Å². The van der Waals surface area contributed by atoms with Crippen LogP contribution in [0, 0.1) is 13.8 Å². The predicted octanol–water partition coefficient (Wildman–Crippen LogP) is 4.46. The van der Waals surface area contributed by atoms with E-state index in [0.29, 0.717) is 5.92 Å². The topological polar surface area (TPSA) is 0 Å². The Kier molecular flexibility index (Phi) is 3.09. The SMILES string of the molecule is Cc1ccc([C@@H](C)c2ccccc2)cc1C. The molecule has 0 aliphatic carbocycles. The molecule has 0 spiro atoms. The van der Waals surface area contributed by atoms with E-state index in [1.165, 1.54) is 22.3 Å². The van der Waals surface area contributed by atoms with Crippen LogP contribution in [0.2, 0.25) is 0 Å². The Morgan fingerprint density at radius 1 is 0.750 bits per heavy atom. The quantitative estimate of drug-likeness (QED) is 0.686. The van der Waals surface area contributed by atoms with Gasteiger partial charge in [-0.1, -0.05) is 55.5 Å². The highest BCUT2D eigenvalue weighted by molar-refractivity contribution is 5.36. The lowest BCUT2D eigenvalue weighted by atomic mass is 9.91. The molecular formula is C16H18. The van der Waals surface area contributed by atoms with Crippen LogP contribution in [-0.4, -0.2) is 0 Å². The maximum Gasteiger partial charge on any atom is 0.00611 e. The van der Waals surface area contributed by atoms with Crippen LogP contribution in [0.4, 0.5) is 0 Å². The number of benzene rings is 2. The Balaban J connectivity index is 2.34. The second-order valence-electron chi connectivity index (χ2n) is 4.48. The van der Waals surface area contributed by atoms with Crippen LogP contribution in [0.1, 0.15) is 35.1 Å². The molecule has 2 aromatic carbocycles. The molecule has 0 amide bonds. The third kappa shape index (κ3) is 2.16. The van der Waals surface area contributed by atoms with Gasteiger partial charge in [-0.25, -0.2) is 0 Å². The van der Waals surface area contributed by atoms with Crippen molar-refractivity contribution < 1.29 is 0 Å². The number of rotatable bonds is 2. The van der Waals surface area contributed by atoms with Gasteiger partial charge in [0.05, 0.1) is 0 Å². The zero-order valence-corrected chi connectivity index (χ0v) is 10.2. The molecule has 0 aromatic heterocycles. The van der Waals surface area contributed by atoms with Crippen LogP contribution in [0.3, 0.4) is 0 Å². The second-order valence-corrected chi connectivity index (χ2v) is 4.48. The van der Waals surface area contributed by atoms with E-state index in [-0.39, 0.29) is 0 Å². The highest BCUT2D eigenvalue weighted by atomic mass is 14.1. The summed E-state index contributed by atoms with van der Waals surface area (Å²) in [5.74, 6) is 0.473. The van der Waals surface area contributed by atoms with Crippen molar-refractivity contribution in [2.75, 3.05) is 0 Å². The van der Waals surface area contributed by atoms with E-state index in [1.807, 2.05) is 0 Å². The zero-order valence-electron chi connectivity index (χ0n) is 10.2. The summed E-state index contributed by atoms with van der Waals surface area (Å²) in [5.41, 5.74) is 5.52. The Morgan fingerprint density at radius 3 is 2.06 bits per heavy atom. The van der Waals surface area contributed by atoms with Gasteiger partial charge in [0.2, 0.25) is 0 Å². The number of hydrogen-bond donors (Lipinski definition) is 0. The minimum absolute atomic E-state index is 0.473. The van der Waals surface area contributed by atoms with Gasteiger partial charge in [0.15, 0.2) is 0 Å². The Morgan fingerprint density at radius 2 is 1.44 bits per heavy atom. The first-order valence-corrected chi connectivity index (χ1v) is 5.80. The van der Waals surface area contributed by atoms with Crippen molar-refractivity contribution in [3.8, 4) is 0 Å². The lowest BCUT2D eigenvalue weighted by Gasteiger charge is -2.14. The third-order valence-electron chi connectivity index (χ3n) is 3.33. The van der Waals surface area contributed by atoms with Crippen molar-refractivity contribution in [3.05, 3.63) is 70.8 Å². The first-order valence-electron chi connectivity index (χ1n) is 5.80. The molecule has 0 heterocycles. The molecule has 0 aliphatic rings. The van der Waals surface area contributed by atoms with Crippen LogP contribution in [0.15, 0.2) is 48.5 Å². The third-order valence-corrected chi connectivity index (χ3v) is 3.33. The first-order chi connectivity index (χ1) is 7.68. The fourth-order valence-electron chi connectivity index (χ4n) is 1.97. The van der Waals surface area contributed by atoms with Gasteiger partial charge in [-0.3, -0.25) is 0 Å². The summed E-state index contributed by atoms with van der Waals surface area (Å²) in [6.45, 7) is 6.60. The monoisotopic (exact) mass is 210 g/mol. The minimum atomic E-state index is 0.473. The Labute approximate surface area is 97.9 Å². The molecule has 0 bridgehead atoms. The van der Waals surface area contributed by atoms with E-state index in [4.69, 9.17) is 0 Å². The summed E-state index contributed by atoms with van der Waals surface area (Å²) in [7, 11) is 0. The molecule has 0 saturated heterocycles. The molecule has 0 nitrogen and oxygen atoms in total. The largest absolute Gasteiger partial charge is 0.0622 e. The molecule has 2 rings (SSSR count). The highest BCUT2D eigenvalue weighted by Crippen LogP contribution is 2.25. The van der Waals surface area contributed by atoms with E-state index in [0.717, 1.165) is 0 Å². The first kappa shape index (κ1) is 10.9. The fraction of sp³-hybridized carbons (Fsp3) is 0.250. The summed E-state index contributed by atoms with van der Waals surface area (Å²) < 4.78 is 0. The summed E-state index contributed by atoms with van der Waals surface area (Å²) in [6, 6.07) is 17.4. The van der Waals surface area contributed by atoms with E-state index in [1.54, 1.807) is 0 Å². The maximum absolute atomic E-state index is 2.30. The van der Waals surface area contributed by atoms with Crippen molar-refractivity contribution in [1.29, 1.82) is 0 Å². The summed E-state index contributed by atoms with van der Waals surface area (Å²) >= 11 is 0. The molecule has 0 saturated carbocycles. The molecule has 2 aromatic rings. The van der Waals surface area contributed by atoms with Crippen LogP contribution in [-0.2, 0) is 0 Å². The average molecular weight is 210 g/mol. The molecule has 0 heteroatoms. The maximum atomic E-state index is 2.30. The van der Waals surface area contributed by atoms with Gasteiger partial charge < -0.3 is 0 Å². The fourth-order valence-corrected chi connectivity index (χ4v) is 1.97. The lowest BCUT2D eigenvalue weighted by Crippen LogP contribution is -1.96. The van der Waals surface area contributed by atoms with Crippen molar-refractivity contribution in [2.24, 2.45) is 0 Å². The molecular weight excluding hydrogens is 192 g/mol. The van der Waals surface area contributed by atoms with E-state index in [2.05, 4.69) is 69.3 Å². The van der Waals surface area contributed by atoms with Gasteiger partial charge in [0, 0.05) is 5.92 Å². The Hall–Kier alpha value is -1.56. The van der Waals surface area contributed by atoms with Gasteiger partial charge in [0.25, 0.3) is 0 Å². The van der Waals surface area contributed by atoms with Crippen molar-refractivity contribution in [1.82, 2.24) is 0 Å². The number of hydrogen-bond acceptors (Lipinski definition) is 0. The van der Waals surface area contributed by atoms with Gasteiger partial charge >= 0.3 is 0 Å². The molecule has 16 heavy (non-hydrogen) atoms. The van der Waals surface area contributed by atoms with E-state index >= 15 is 0 Å². The van der Waals surface area contributed by atoms with Gasteiger partial charge in [0.1, 0.15) is 0 Å². The zero-order chi connectivity index (χ0) is 11.5. The highest BCUT2D eigenvalue weighted by Gasteiger charge is 2.08. The summed E-state index contributed by atoms with van der Waals surface area (Å²) in [4.78, 5) is 0. The average Bonchev–Trinajstić information content (AvgIpc) is 2.33. The molecule has 1 atom stereocenters. The van der Waals surface area contributed by atoms with Gasteiger partial charge in [-0.2, -0.15) is 0 Å². The summed E-state index contributed by atoms with van der Waals surface area (Å²) in [5, 5.41) is 0. The van der Waals surface area contributed by atoms with Crippen LogP contribution < -0.4 is 0 Å². The van der Waals surface area contributed by atoms with E-state index in [9.17, 15) is 0 Å². The lowest BCUT2D eigenvalue weighted by molar-refractivity contribution is 0.918. The molecule has 0 aliphatic heterocycles. The molecule has 82 valence electrons. The Bertz CT molecular complexity index is 469. The molecule has 0 fully saturated rings. The molecule has 0 radical (unpaired) electrons. The second kappa shape index (κ2) is 4.52. The van der Waals surface area contributed by atoms with Crippen molar-refractivity contribution in [3.63, 3.8) is 0 Å². The van der Waals surface area contributed by atoms with Crippen LogP contribution >= 0.6 is 0 Å². The smallest absolute Gasteiger partial charge is 0.00611 e. The van der Waals surface area contributed by atoms with Crippen LogP contribution in [0.25, 0.3) is 0 Å².